The molecule has 8 nitrogen and oxygen atoms in total. The van der Waals surface area contributed by atoms with Gasteiger partial charge in [0.2, 0.25) is 5.75 Å². The number of nitrogen functional groups attached to an aromatic ring is 1. The summed E-state index contributed by atoms with van der Waals surface area (Å²) >= 11 is 0. The molecule has 10 heteroatoms. The third kappa shape index (κ3) is 4.58. The van der Waals surface area contributed by atoms with Crippen molar-refractivity contribution in [3.63, 3.8) is 0 Å². The van der Waals surface area contributed by atoms with Gasteiger partial charge in [-0.25, -0.2) is 4.39 Å². The summed E-state index contributed by atoms with van der Waals surface area (Å²) in [4.78, 5) is -0.132. The average molecular weight is 450 g/mol. The first kappa shape index (κ1) is 22.4. The van der Waals surface area contributed by atoms with Gasteiger partial charge in [-0.1, -0.05) is 0 Å². The summed E-state index contributed by atoms with van der Waals surface area (Å²) in [5.41, 5.74) is 6.80. The molecule has 3 rings (SSSR count). The lowest BCUT2D eigenvalue weighted by atomic mass is 10.1. The van der Waals surface area contributed by atoms with Crippen LogP contribution in [0.4, 0.5) is 10.2 Å². The van der Waals surface area contributed by atoms with Crippen LogP contribution in [0.3, 0.4) is 0 Å². The summed E-state index contributed by atoms with van der Waals surface area (Å²) in [5.74, 6) is 0.708. The van der Waals surface area contributed by atoms with Gasteiger partial charge in [0, 0.05) is 11.6 Å². The Kier molecular flexibility index (Phi) is 6.69. The van der Waals surface area contributed by atoms with E-state index in [-0.39, 0.29) is 10.7 Å². The van der Waals surface area contributed by atoms with E-state index in [4.69, 9.17) is 19.9 Å². The molecule has 0 amide bonds. The Labute approximate surface area is 180 Å². The summed E-state index contributed by atoms with van der Waals surface area (Å²) in [5, 5.41) is 4.19. The predicted octanol–water partition coefficient (Wildman–Crippen LogP) is 3.70. The van der Waals surface area contributed by atoms with Crippen LogP contribution in [0.2, 0.25) is 0 Å². The largest absolute Gasteiger partial charge is 0.490 e. The molecule has 1 aromatic heterocycles. The monoisotopic (exact) mass is 449 g/mol. The van der Waals surface area contributed by atoms with Crippen LogP contribution >= 0.6 is 0 Å². The standard InChI is InChI=1S/C21H24FN3O5S/c1-4-28-18-11-14(12-19(29-5-2)21(18)30-6-3)17-13-20(23)25(24-17)31(26,27)16-9-7-15(22)8-10-16/h7-13H,4-6,23H2,1-3H3. The zero-order chi connectivity index (χ0) is 22.6. The van der Waals surface area contributed by atoms with Crippen LogP contribution < -0.4 is 19.9 Å². The zero-order valence-electron chi connectivity index (χ0n) is 17.5. The van der Waals surface area contributed by atoms with Crippen molar-refractivity contribution >= 4 is 15.8 Å². The third-order valence-electron chi connectivity index (χ3n) is 4.25. The number of hydrogen-bond acceptors (Lipinski definition) is 7. The molecule has 166 valence electrons. The minimum Gasteiger partial charge on any atom is -0.490 e. The second-order valence-corrected chi connectivity index (χ2v) is 8.12. The first-order valence-corrected chi connectivity index (χ1v) is 11.2. The fourth-order valence-electron chi connectivity index (χ4n) is 2.96. The lowest BCUT2D eigenvalue weighted by Crippen LogP contribution is -2.16. The van der Waals surface area contributed by atoms with Crippen molar-refractivity contribution in [1.82, 2.24) is 9.19 Å². The molecule has 31 heavy (non-hydrogen) atoms. The molecule has 0 radical (unpaired) electrons. The average Bonchev–Trinajstić information content (AvgIpc) is 3.13. The van der Waals surface area contributed by atoms with Gasteiger partial charge in [0.1, 0.15) is 11.6 Å². The summed E-state index contributed by atoms with van der Waals surface area (Å²) < 4.78 is 56.8. The van der Waals surface area contributed by atoms with E-state index in [1.807, 2.05) is 20.8 Å². The summed E-state index contributed by atoms with van der Waals surface area (Å²) in [6.45, 7) is 6.73. The first-order valence-electron chi connectivity index (χ1n) is 9.75. The van der Waals surface area contributed by atoms with Gasteiger partial charge in [0.05, 0.1) is 30.4 Å². The lowest BCUT2D eigenvalue weighted by molar-refractivity contribution is 0.261. The van der Waals surface area contributed by atoms with Gasteiger partial charge < -0.3 is 19.9 Å². The van der Waals surface area contributed by atoms with Crippen LogP contribution in [0.5, 0.6) is 17.2 Å². The molecule has 2 aromatic carbocycles. The van der Waals surface area contributed by atoms with E-state index in [2.05, 4.69) is 5.10 Å². The van der Waals surface area contributed by atoms with Crippen molar-refractivity contribution in [2.45, 2.75) is 25.7 Å². The normalized spacial score (nSPS) is 11.4. The van der Waals surface area contributed by atoms with Crippen LogP contribution in [0.15, 0.2) is 47.4 Å². The van der Waals surface area contributed by atoms with E-state index in [1.54, 1.807) is 12.1 Å². The molecule has 0 aliphatic rings. The molecule has 3 aromatic rings. The van der Waals surface area contributed by atoms with E-state index in [0.29, 0.717) is 52.4 Å². The Morgan fingerprint density at radius 2 is 1.48 bits per heavy atom. The maximum Gasteiger partial charge on any atom is 0.284 e. The van der Waals surface area contributed by atoms with Crippen LogP contribution in [-0.4, -0.2) is 37.4 Å². The summed E-state index contributed by atoms with van der Waals surface area (Å²) in [7, 11) is -4.10. The van der Waals surface area contributed by atoms with E-state index in [1.165, 1.54) is 6.07 Å². The maximum absolute atomic E-state index is 13.2. The minimum absolute atomic E-state index is 0.0934. The number of halogens is 1. The SMILES string of the molecule is CCOc1cc(-c2cc(N)n(S(=O)(=O)c3ccc(F)cc3)n2)cc(OCC)c1OCC. The molecule has 0 saturated carbocycles. The van der Waals surface area contributed by atoms with Gasteiger partial charge in [0.25, 0.3) is 10.0 Å². The molecule has 0 spiro atoms. The summed E-state index contributed by atoms with van der Waals surface area (Å²) in [6.07, 6.45) is 0. The third-order valence-corrected chi connectivity index (χ3v) is 5.86. The van der Waals surface area contributed by atoms with Crippen LogP contribution in [0.25, 0.3) is 11.3 Å². The topological polar surface area (TPSA) is 106 Å². The number of benzene rings is 2. The molecule has 0 fully saturated rings. The molecular formula is C21H24FN3O5S. The van der Waals surface area contributed by atoms with Gasteiger partial charge in [0.15, 0.2) is 11.5 Å². The zero-order valence-corrected chi connectivity index (χ0v) is 18.3. The van der Waals surface area contributed by atoms with Crippen molar-refractivity contribution in [3.05, 3.63) is 48.3 Å². The minimum atomic E-state index is -4.10. The number of hydrogen-bond donors (Lipinski definition) is 1. The van der Waals surface area contributed by atoms with E-state index < -0.39 is 15.8 Å². The van der Waals surface area contributed by atoms with Gasteiger partial charge in [-0.3, -0.25) is 0 Å². The maximum atomic E-state index is 13.2. The second kappa shape index (κ2) is 9.25. The Bertz CT molecular complexity index is 1130. The van der Waals surface area contributed by atoms with Crippen LogP contribution in [0, 0.1) is 5.82 Å². The second-order valence-electron chi connectivity index (χ2n) is 6.36. The Morgan fingerprint density at radius 1 is 0.935 bits per heavy atom. The number of nitrogens with two attached hydrogens (primary N) is 1. The molecule has 0 unspecified atom stereocenters. The van der Waals surface area contributed by atoms with E-state index >= 15 is 0 Å². The molecule has 2 N–H and O–H groups in total. The fraction of sp³-hybridized carbons (Fsp3) is 0.286. The smallest absolute Gasteiger partial charge is 0.284 e. The first-order chi connectivity index (χ1) is 14.8. The molecule has 1 heterocycles. The quantitative estimate of drug-likeness (QED) is 0.531. The van der Waals surface area contributed by atoms with E-state index in [9.17, 15) is 12.8 Å². The predicted molar refractivity (Wildman–Crippen MR) is 115 cm³/mol. The van der Waals surface area contributed by atoms with Gasteiger partial charge in [-0.15, -0.1) is 4.09 Å². The number of rotatable bonds is 9. The Hall–Kier alpha value is -3.27. The number of ether oxygens (including phenoxy) is 3. The van der Waals surface area contributed by atoms with Crippen molar-refractivity contribution in [3.8, 4) is 28.5 Å². The van der Waals surface area contributed by atoms with Crippen molar-refractivity contribution < 1.29 is 27.0 Å². The van der Waals surface area contributed by atoms with Crippen LogP contribution in [0.1, 0.15) is 20.8 Å². The van der Waals surface area contributed by atoms with E-state index in [0.717, 1.165) is 24.3 Å². The lowest BCUT2D eigenvalue weighted by Gasteiger charge is -2.16. The van der Waals surface area contributed by atoms with Crippen LogP contribution in [-0.2, 0) is 10.0 Å². The van der Waals surface area contributed by atoms with Gasteiger partial charge in [-0.05, 0) is 57.2 Å². The van der Waals surface area contributed by atoms with Crippen molar-refractivity contribution in [2.75, 3.05) is 25.6 Å². The van der Waals surface area contributed by atoms with Gasteiger partial charge in [-0.2, -0.15) is 13.5 Å². The highest BCUT2D eigenvalue weighted by Crippen LogP contribution is 2.42. The Morgan fingerprint density at radius 3 is 2.00 bits per heavy atom. The number of aromatic nitrogens is 2. The van der Waals surface area contributed by atoms with Gasteiger partial charge >= 0.3 is 0 Å². The van der Waals surface area contributed by atoms with Crippen molar-refractivity contribution in [2.24, 2.45) is 0 Å². The Balaban J connectivity index is 2.11. The number of anilines is 1. The molecule has 0 bridgehead atoms. The molecular weight excluding hydrogens is 425 g/mol. The molecule has 0 saturated heterocycles. The highest BCUT2D eigenvalue weighted by Gasteiger charge is 2.23. The number of nitrogens with zero attached hydrogens (tertiary/aromatic N) is 2. The molecule has 0 aliphatic heterocycles. The fourth-order valence-corrected chi connectivity index (χ4v) is 4.16. The highest BCUT2D eigenvalue weighted by atomic mass is 32.2. The molecule has 0 aliphatic carbocycles. The summed E-state index contributed by atoms with van der Waals surface area (Å²) in [6, 6.07) is 9.24. The van der Waals surface area contributed by atoms with Crippen molar-refractivity contribution in [1.29, 1.82) is 0 Å². The molecule has 0 atom stereocenters. The highest BCUT2D eigenvalue weighted by molar-refractivity contribution is 7.90.